The van der Waals surface area contributed by atoms with Gasteiger partial charge in [0.25, 0.3) is 0 Å². The number of aliphatic hydroxyl groups is 1. The van der Waals surface area contributed by atoms with E-state index in [9.17, 15) is 15.0 Å². The number of hydrogen-bond acceptors (Lipinski definition) is 5. The Morgan fingerprint density at radius 2 is 1.70 bits per heavy atom. The third-order valence-electron chi connectivity index (χ3n) is 6.75. The molecule has 2 unspecified atom stereocenters. The quantitative estimate of drug-likeness (QED) is 0.741. The minimum atomic E-state index is -0.761. The lowest BCUT2D eigenvalue weighted by molar-refractivity contribution is -0.126. The summed E-state index contributed by atoms with van der Waals surface area (Å²) in [5.74, 6) is 0.690. The van der Waals surface area contributed by atoms with Crippen molar-refractivity contribution in [3.63, 3.8) is 0 Å². The second kappa shape index (κ2) is 8.60. The number of phenolic OH excluding ortho intramolecular Hbond substituents is 1. The van der Waals surface area contributed by atoms with Crippen LogP contribution in [0.5, 0.6) is 11.5 Å². The number of amides is 1. The SMILES string of the molecule is CC1(C)Oc2ccc(C=CC(=O)N3CCCCC3)c(O)c2C(N2CCCCC2)C1O. The number of benzene rings is 1. The Labute approximate surface area is 179 Å². The number of ether oxygens (including phenoxy) is 1. The Kier molecular flexibility index (Phi) is 6.07. The number of hydrogen-bond donors (Lipinski definition) is 2. The maximum Gasteiger partial charge on any atom is 0.246 e. The Hall–Kier alpha value is -2.05. The lowest BCUT2D eigenvalue weighted by Gasteiger charge is -2.47. The molecule has 1 aromatic rings. The van der Waals surface area contributed by atoms with Crippen LogP contribution in [0.4, 0.5) is 0 Å². The highest BCUT2D eigenvalue weighted by Crippen LogP contribution is 2.48. The molecule has 2 saturated heterocycles. The molecule has 1 amide bonds. The standard InChI is InChI=1S/C24H34N2O4/c1-24(2)23(29)21(26-15-7-4-8-16-26)20-18(30-24)11-9-17(22(20)28)10-12-19(27)25-13-5-3-6-14-25/h9-12,21,23,28-29H,3-8,13-16H2,1-2H3. The zero-order chi connectivity index (χ0) is 21.3. The van der Waals surface area contributed by atoms with Gasteiger partial charge >= 0.3 is 0 Å². The van der Waals surface area contributed by atoms with E-state index in [2.05, 4.69) is 4.90 Å². The van der Waals surface area contributed by atoms with Gasteiger partial charge in [-0.2, -0.15) is 0 Å². The molecule has 0 aromatic heterocycles. The summed E-state index contributed by atoms with van der Waals surface area (Å²) in [4.78, 5) is 16.6. The van der Waals surface area contributed by atoms with Gasteiger partial charge in [-0.3, -0.25) is 9.69 Å². The van der Waals surface area contributed by atoms with Gasteiger partial charge in [0.1, 0.15) is 23.2 Å². The van der Waals surface area contributed by atoms with Crippen LogP contribution in [-0.4, -0.2) is 63.8 Å². The first-order chi connectivity index (χ1) is 14.4. The van der Waals surface area contributed by atoms with Crippen molar-refractivity contribution < 1.29 is 19.7 Å². The minimum absolute atomic E-state index is 0.0168. The molecule has 3 aliphatic rings. The molecule has 0 aliphatic carbocycles. The molecule has 1 aromatic carbocycles. The van der Waals surface area contributed by atoms with E-state index in [1.54, 1.807) is 18.2 Å². The molecular weight excluding hydrogens is 380 g/mol. The second-order valence-corrected chi connectivity index (χ2v) is 9.33. The van der Waals surface area contributed by atoms with Gasteiger partial charge in [-0.1, -0.05) is 6.42 Å². The number of piperidine rings is 2. The highest BCUT2D eigenvalue weighted by atomic mass is 16.5. The monoisotopic (exact) mass is 414 g/mol. The van der Waals surface area contributed by atoms with Gasteiger partial charge in [-0.25, -0.2) is 0 Å². The van der Waals surface area contributed by atoms with E-state index in [1.807, 2.05) is 24.8 Å². The molecular formula is C24H34N2O4. The Morgan fingerprint density at radius 3 is 2.37 bits per heavy atom. The summed E-state index contributed by atoms with van der Waals surface area (Å²) in [6.45, 7) is 7.16. The minimum Gasteiger partial charge on any atom is -0.507 e. The third kappa shape index (κ3) is 4.08. The number of aliphatic hydroxyl groups excluding tert-OH is 1. The summed E-state index contributed by atoms with van der Waals surface area (Å²) in [5, 5.41) is 22.3. The van der Waals surface area contributed by atoms with Gasteiger partial charge in [0, 0.05) is 24.7 Å². The average molecular weight is 415 g/mol. The Morgan fingerprint density at radius 1 is 1.07 bits per heavy atom. The molecule has 3 heterocycles. The van der Waals surface area contributed by atoms with Crippen LogP contribution in [0.25, 0.3) is 6.08 Å². The average Bonchev–Trinajstić information content (AvgIpc) is 2.75. The number of carbonyl (C=O) groups is 1. The lowest BCUT2D eigenvalue weighted by atomic mass is 9.83. The molecule has 0 saturated carbocycles. The van der Waals surface area contributed by atoms with Crippen LogP contribution in [-0.2, 0) is 4.79 Å². The maximum atomic E-state index is 12.5. The van der Waals surface area contributed by atoms with Crippen LogP contribution < -0.4 is 4.74 Å². The highest BCUT2D eigenvalue weighted by molar-refractivity contribution is 5.92. The summed E-state index contributed by atoms with van der Waals surface area (Å²) < 4.78 is 6.07. The number of nitrogens with zero attached hydrogens (tertiary/aromatic N) is 2. The fourth-order valence-corrected chi connectivity index (χ4v) is 4.96. The van der Waals surface area contributed by atoms with Crippen molar-refractivity contribution in [1.29, 1.82) is 0 Å². The highest BCUT2D eigenvalue weighted by Gasteiger charge is 2.47. The first-order valence-corrected chi connectivity index (χ1v) is 11.3. The maximum absolute atomic E-state index is 12.5. The molecule has 30 heavy (non-hydrogen) atoms. The van der Waals surface area contributed by atoms with Gasteiger partial charge in [-0.05, 0) is 77.2 Å². The molecule has 0 radical (unpaired) electrons. The number of likely N-dealkylation sites (tertiary alicyclic amines) is 2. The number of fused-ring (bicyclic) bond motifs is 1. The number of rotatable bonds is 3. The van der Waals surface area contributed by atoms with Gasteiger partial charge < -0.3 is 19.8 Å². The Balaban J connectivity index is 1.65. The number of carbonyl (C=O) groups excluding carboxylic acids is 1. The van der Waals surface area contributed by atoms with Gasteiger partial charge in [-0.15, -0.1) is 0 Å². The van der Waals surface area contributed by atoms with Crippen LogP contribution in [0.3, 0.4) is 0 Å². The predicted molar refractivity (Wildman–Crippen MR) is 116 cm³/mol. The zero-order valence-corrected chi connectivity index (χ0v) is 18.1. The summed E-state index contributed by atoms with van der Waals surface area (Å²) in [6.07, 6.45) is 9.12. The molecule has 0 bridgehead atoms. The number of phenols is 1. The molecule has 2 N–H and O–H groups in total. The second-order valence-electron chi connectivity index (χ2n) is 9.33. The molecule has 4 rings (SSSR count). The molecule has 0 spiro atoms. The van der Waals surface area contributed by atoms with Crippen molar-refractivity contribution in [3.8, 4) is 11.5 Å². The molecule has 2 fully saturated rings. The van der Waals surface area contributed by atoms with E-state index in [1.165, 1.54) is 12.8 Å². The Bertz CT molecular complexity index is 808. The van der Waals surface area contributed by atoms with Crippen molar-refractivity contribution >= 4 is 12.0 Å². The molecule has 6 heteroatoms. The van der Waals surface area contributed by atoms with Crippen LogP contribution in [0.1, 0.15) is 69.5 Å². The van der Waals surface area contributed by atoms with Crippen LogP contribution >= 0.6 is 0 Å². The van der Waals surface area contributed by atoms with Crippen molar-refractivity contribution in [2.45, 2.75) is 70.1 Å². The van der Waals surface area contributed by atoms with Gasteiger partial charge in [0.2, 0.25) is 5.91 Å². The molecule has 164 valence electrons. The van der Waals surface area contributed by atoms with Crippen molar-refractivity contribution in [1.82, 2.24) is 9.80 Å². The van der Waals surface area contributed by atoms with Crippen LogP contribution in [0.15, 0.2) is 18.2 Å². The summed E-state index contributed by atoms with van der Waals surface area (Å²) in [5.41, 5.74) is 0.469. The summed E-state index contributed by atoms with van der Waals surface area (Å²) in [7, 11) is 0. The molecule has 2 atom stereocenters. The normalized spacial score (nSPS) is 27.0. The van der Waals surface area contributed by atoms with E-state index < -0.39 is 11.7 Å². The van der Waals surface area contributed by atoms with Crippen molar-refractivity contribution in [2.24, 2.45) is 0 Å². The van der Waals surface area contributed by atoms with Crippen molar-refractivity contribution in [2.75, 3.05) is 26.2 Å². The molecule has 3 aliphatic heterocycles. The first-order valence-electron chi connectivity index (χ1n) is 11.3. The largest absolute Gasteiger partial charge is 0.507 e. The smallest absolute Gasteiger partial charge is 0.246 e. The van der Waals surface area contributed by atoms with E-state index in [0.29, 0.717) is 16.9 Å². The van der Waals surface area contributed by atoms with Gasteiger partial charge in [0.05, 0.1) is 11.6 Å². The van der Waals surface area contributed by atoms with E-state index in [4.69, 9.17) is 4.74 Å². The number of aromatic hydroxyl groups is 1. The topological polar surface area (TPSA) is 73.2 Å². The van der Waals surface area contributed by atoms with E-state index >= 15 is 0 Å². The lowest BCUT2D eigenvalue weighted by Crippen LogP contribution is -2.54. The van der Waals surface area contributed by atoms with E-state index in [-0.39, 0.29) is 17.7 Å². The summed E-state index contributed by atoms with van der Waals surface area (Å²) >= 11 is 0. The van der Waals surface area contributed by atoms with Crippen molar-refractivity contribution in [3.05, 3.63) is 29.3 Å². The first kappa shape index (κ1) is 21.2. The predicted octanol–water partition coefficient (Wildman–Crippen LogP) is 3.48. The van der Waals surface area contributed by atoms with Crippen LogP contribution in [0, 0.1) is 0 Å². The third-order valence-corrected chi connectivity index (χ3v) is 6.75. The zero-order valence-electron chi connectivity index (χ0n) is 18.1. The summed E-state index contributed by atoms with van der Waals surface area (Å²) in [6, 6.07) is 3.31. The van der Waals surface area contributed by atoms with Gasteiger partial charge in [0.15, 0.2) is 0 Å². The van der Waals surface area contributed by atoms with E-state index in [0.717, 1.165) is 51.9 Å². The molecule has 6 nitrogen and oxygen atoms in total. The fraction of sp³-hybridized carbons (Fsp3) is 0.625. The van der Waals surface area contributed by atoms with Crippen LogP contribution in [0.2, 0.25) is 0 Å². The fourth-order valence-electron chi connectivity index (χ4n) is 4.96.